The molecule has 0 bridgehead atoms. The number of rotatable bonds is 6. The molecule has 1 aromatic heterocycles. The van der Waals surface area contributed by atoms with Crippen molar-refractivity contribution in [3.63, 3.8) is 0 Å². The number of ether oxygens (including phenoxy) is 1. The van der Waals surface area contributed by atoms with Crippen molar-refractivity contribution in [3.8, 4) is 6.07 Å². The molecule has 0 aliphatic carbocycles. The second-order valence-electron chi connectivity index (χ2n) is 4.57. The highest BCUT2D eigenvalue weighted by molar-refractivity contribution is 6.30. The van der Waals surface area contributed by atoms with Gasteiger partial charge in [0.15, 0.2) is 0 Å². The van der Waals surface area contributed by atoms with Crippen molar-refractivity contribution in [3.05, 3.63) is 58.7 Å². The van der Waals surface area contributed by atoms with Crippen LogP contribution in [0, 0.1) is 11.3 Å². The van der Waals surface area contributed by atoms with Crippen LogP contribution < -0.4 is 5.32 Å². The molecular formula is C16H16ClN3O. The zero-order valence-corrected chi connectivity index (χ0v) is 12.5. The lowest BCUT2D eigenvalue weighted by atomic mass is 10.0. The average molecular weight is 302 g/mol. The highest BCUT2D eigenvalue weighted by Crippen LogP contribution is 2.23. The molecule has 2 rings (SSSR count). The molecule has 0 saturated carbocycles. The van der Waals surface area contributed by atoms with Gasteiger partial charge in [-0.15, -0.1) is 0 Å². The number of pyridine rings is 1. The van der Waals surface area contributed by atoms with Crippen LogP contribution in [0.3, 0.4) is 0 Å². The van der Waals surface area contributed by atoms with Gasteiger partial charge < -0.3 is 10.1 Å². The SMILES string of the molecule is COCCC(Nc1ccc(C#N)cn1)c1ccc(Cl)cc1. The van der Waals surface area contributed by atoms with Crippen LogP contribution in [0.5, 0.6) is 0 Å². The van der Waals surface area contributed by atoms with Gasteiger partial charge in [0.2, 0.25) is 0 Å². The molecule has 0 aliphatic heterocycles. The molecule has 1 aromatic carbocycles. The third kappa shape index (κ3) is 4.45. The summed E-state index contributed by atoms with van der Waals surface area (Å²) in [5.41, 5.74) is 1.66. The number of nitrogens with one attached hydrogen (secondary N) is 1. The Kier molecular flexibility index (Phi) is 5.56. The molecule has 1 unspecified atom stereocenters. The molecule has 0 radical (unpaired) electrons. The van der Waals surface area contributed by atoms with Crippen LogP contribution in [0.4, 0.5) is 5.82 Å². The monoisotopic (exact) mass is 301 g/mol. The lowest BCUT2D eigenvalue weighted by Crippen LogP contribution is -2.14. The minimum absolute atomic E-state index is 0.0719. The Hall–Kier alpha value is -2.09. The molecule has 0 amide bonds. The van der Waals surface area contributed by atoms with E-state index in [1.807, 2.05) is 24.3 Å². The van der Waals surface area contributed by atoms with Crippen LogP contribution in [0.2, 0.25) is 5.02 Å². The smallest absolute Gasteiger partial charge is 0.126 e. The summed E-state index contributed by atoms with van der Waals surface area (Å²) in [4.78, 5) is 4.24. The molecule has 5 heteroatoms. The first kappa shape index (κ1) is 15.3. The van der Waals surface area contributed by atoms with E-state index in [1.165, 1.54) is 0 Å². The maximum atomic E-state index is 8.79. The molecule has 21 heavy (non-hydrogen) atoms. The van der Waals surface area contributed by atoms with Gasteiger partial charge in [0.1, 0.15) is 11.9 Å². The van der Waals surface area contributed by atoms with Crippen molar-refractivity contribution in [2.45, 2.75) is 12.5 Å². The van der Waals surface area contributed by atoms with Crippen molar-refractivity contribution in [1.82, 2.24) is 4.98 Å². The zero-order chi connectivity index (χ0) is 15.1. The zero-order valence-electron chi connectivity index (χ0n) is 11.7. The molecule has 0 aliphatic rings. The number of methoxy groups -OCH3 is 1. The van der Waals surface area contributed by atoms with Crippen LogP contribution in [0.15, 0.2) is 42.6 Å². The van der Waals surface area contributed by atoms with Crippen LogP contribution in [-0.4, -0.2) is 18.7 Å². The number of anilines is 1. The van der Waals surface area contributed by atoms with Crippen LogP contribution in [0.1, 0.15) is 23.6 Å². The highest BCUT2D eigenvalue weighted by Gasteiger charge is 2.12. The predicted molar refractivity (Wildman–Crippen MR) is 83.3 cm³/mol. The van der Waals surface area contributed by atoms with Crippen LogP contribution in [-0.2, 0) is 4.74 Å². The average Bonchev–Trinajstić information content (AvgIpc) is 2.53. The second-order valence-corrected chi connectivity index (χ2v) is 5.01. The molecule has 0 saturated heterocycles. The van der Waals surface area contributed by atoms with E-state index in [0.717, 1.165) is 17.8 Å². The molecule has 4 nitrogen and oxygen atoms in total. The van der Waals surface area contributed by atoms with Crippen LogP contribution in [0.25, 0.3) is 0 Å². The van der Waals surface area contributed by atoms with Gasteiger partial charge in [-0.05, 0) is 36.2 Å². The number of benzene rings is 1. The van der Waals surface area contributed by atoms with Crippen LogP contribution >= 0.6 is 11.6 Å². The first-order chi connectivity index (χ1) is 10.2. The Balaban J connectivity index is 2.15. The van der Waals surface area contributed by atoms with Gasteiger partial charge in [0, 0.05) is 24.9 Å². The summed E-state index contributed by atoms with van der Waals surface area (Å²) in [7, 11) is 1.68. The fourth-order valence-electron chi connectivity index (χ4n) is 1.98. The van der Waals surface area contributed by atoms with E-state index in [0.29, 0.717) is 17.2 Å². The Bertz CT molecular complexity index is 605. The molecular weight excluding hydrogens is 286 g/mol. The molecule has 2 aromatic rings. The Labute approximate surface area is 129 Å². The van der Waals surface area contributed by atoms with E-state index in [2.05, 4.69) is 16.4 Å². The summed E-state index contributed by atoms with van der Waals surface area (Å²) < 4.78 is 5.16. The van der Waals surface area contributed by atoms with Crippen molar-refractivity contribution in [1.29, 1.82) is 5.26 Å². The standard InChI is InChI=1S/C16H16ClN3O/c1-21-9-8-15(13-3-5-14(17)6-4-13)20-16-7-2-12(10-18)11-19-16/h2-7,11,15H,8-9H2,1H3,(H,19,20). The van der Waals surface area contributed by atoms with Gasteiger partial charge in [-0.25, -0.2) is 4.98 Å². The largest absolute Gasteiger partial charge is 0.385 e. The van der Waals surface area contributed by atoms with Gasteiger partial charge in [0.25, 0.3) is 0 Å². The molecule has 1 heterocycles. The third-order valence-corrected chi connectivity index (χ3v) is 3.35. The van der Waals surface area contributed by atoms with Crippen molar-refractivity contribution in [2.75, 3.05) is 19.0 Å². The fraction of sp³-hybridized carbons (Fsp3) is 0.250. The van der Waals surface area contributed by atoms with Gasteiger partial charge in [-0.3, -0.25) is 0 Å². The van der Waals surface area contributed by atoms with Gasteiger partial charge in [0.05, 0.1) is 11.6 Å². The molecule has 108 valence electrons. The highest BCUT2D eigenvalue weighted by atomic mass is 35.5. The van der Waals surface area contributed by atoms with Crippen molar-refractivity contribution in [2.24, 2.45) is 0 Å². The minimum atomic E-state index is 0.0719. The van der Waals surface area contributed by atoms with Gasteiger partial charge >= 0.3 is 0 Å². The molecule has 1 N–H and O–H groups in total. The van der Waals surface area contributed by atoms with E-state index < -0.39 is 0 Å². The lowest BCUT2D eigenvalue weighted by molar-refractivity contribution is 0.190. The maximum absolute atomic E-state index is 8.79. The normalized spacial score (nSPS) is 11.7. The number of hydrogen-bond acceptors (Lipinski definition) is 4. The molecule has 0 fully saturated rings. The van der Waals surface area contributed by atoms with Gasteiger partial charge in [-0.1, -0.05) is 23.7 Å². The predicted octanol–water partition coefficient (Wildman–Crippen LogP) is 3.80. The van der Waals surface area contributed by atoms with E-state index in [-0.39, 0.29) is 6.04 Å². The second kappa shape index (κ2) is 7.63. The summed E-state index contributed by atoms with van der Waals surface area (Å²) in [6, 6.07) is 13.4. The van der Waals surface area contributed by atoms with E-state index in [1.54, 1.807) is 25.4 Å². The fourth-order valence-corrected chi connectivity index (χ4v) is 2.10. The Morgan fingerprint density at radius 1 is 1.29 bits per heavy atom. The lowest BCUT2D eigenvalue weighted by Gasteiger charge is -2.19. The maximum Gasteiger partial charge on any atom is 0.126 e. The van der Waals surface area contributed by atoms with Gasteiger partial charge in [-0.2, -0.15) is 5.26 Å². The van der Waals surface area contributed by atoms with E-state index in [9.17, 15) is 0 Å². The third-order valence-electron chi connectivity index (χ3n) is 3.10. The van der Waals surface area contributed by atoms with Crippen molar-refractivity contribution < 1.29 is 4.74 Å². The molecule has 0 spiro atoms. The summed E-state index contributed by atoms with van der Waals surface area (Å²) in [6.07, 6.45) is 2.36. The Morgan fingerprint density at radius 2 is 2.05 bits per heavy atom. The number of aromatic nitrogens is 1. The Morgan fingerprint density at radius 3 is 2.62 bits per heavy atom. The number of hydrogen-bond donors (Lipinski definition) is 1. The minimum Gasteiger partial charge on any atom is -0.385 e. The first-order valence-corrected chi connectivity index (χ1v) is 6.98. The topological polar surface area (TPSA) is 57.9 Å². The summed E-state index contributed by atoms with van der Waals surface area (Å²) in [6.45, 7) is 0.635. The summed E-state index contributed by atoms with van der Waals surface area (Å²) >= 11 is 5.93. The number of nitrogens with zero attached hydrogens (tertiary/aromatic N) is 2. The quantitative estimate of drug-likeness (QED) is 0.881. The first-order valence-electron chi connectivity index (χ1n) is 6.60. The summed E-state index contributed by atoms with van der Waals surface area (Å²) in [5, 5.41) is 12.9. The van der Waals surface area contributed by atoms with E-state index in [4.69, 9.17) is 21.6 Å². The number of halogens is 1. The van der Waals surface area contributed by atoms with Crippen molar-refractivity contribution >= 4 is 17.4 Å². The van der Waals surface area contributed by atoms with E-state index >= 15 is 0 Å². The number of nitriles is 1. The molecule has 1 atom stereocenters. The summed E-state index contributed by atoms with van der Waals surface area (Å²) in [5.74, 6) is 0.727.